The Bertz CT molecular complexity index is 372. The Balaban J connectivity index is 1.90. The highest BCUT2D eigenvalue weighted by Gasteiger charge is 2.22. The molecule has 1 atom stereocenters. The largest absolute Gasteiger partial charge is 0.0888 e. The van der Waals surface area contributed by atoms with Crippen LogP contribution in [-0.2, 0) is 6.42 Å². The van der Waals surface area contributed by atoms with Gasteiger partial charge in [-0.2, -0.15) is 0 Å². The highest BCUT2D eigenvalue weighted by atomic mass is 79.9. The first-order chi connectivity index (χ1) is 8.18. The third kappa shape index (κ3) is 3.62. The van der Waals surface area contributed by atoms with Crippen molar-refractivity contribution in [3.05, 3.63) is 33.8 Å². The first kappa shape index (κ1) is 13.7. The minimum Gasteiger partial charge on any atom is -0.0888 e. The fourth-order valence-electron chi connectivity index (χ4n) is 2.59. The molecule has 0 N–H and O–H groups in total. The summed E-state index contributed by atoms with van der Waals surface area (Å²) in [6, 6.07) is 5.89. The predicted octanol–water partition coefficient (Wildman–Crippen LogP) is 5.88. The molecule has 0 heterocycles. The van der Waals surface area contributed by atoms with Crippen LogP contribution in [0.25, 0.3) is 0 Å². The lowest BCUT2D eigenvalue weighted by Crippen LogP contribution is -2.11. The minimum atomic E-state index is 0.625. The molecule has 1 saturated carbocycles. The first-order valence-corrected chi connectivity index (χ1v) is 7.92. The second kappa shape index (κ2) is 6.45. The molecule has 0 aliphatic heterocycles. The highest BCUT2D eigenvalue weighted by Crippen LogP contribution is 2.34. The Hall–Kier alpha value is 0.280. The maximum atomic E-state index is 6.19. The summed E-state index contributed by atoms with van der Waals surface area (Å²) in [4.78, 5) is 0.625. The molecule has 0 amide bonds. The van der Waals surface area contributed by atoms with Crippen molar-refractivity contribution in [2.45, 2.75) is 43.4 Å². The summed E-state index contributed by atoms with van der Waals surface area (Å²) in [6.45, 7) is 0. The van der Waals surface area contributed by atoms with Gasteiger partial charge in [0.25, 0.3) is 0 Å². The molecule has 1 fully saturated rings. The van der Waals surface area contributed by atoms with Crippen molar-refractivity contribution in [3.8, 4) is 0 Å². The Morgan fingerprint density at radius 1 is 1.24 bits per heavy atom. The molecule has 1 aliphatic rings. The quantitative estimate of drug-likeness (QED) is 0.603. The molecule has 0 nitrogen and oxygen atoms in total. The van der Waals surface area contributed by atoms with Crippen LogP contribution >= 0.6 is 39.1 Å². The first-order valence-electron chi connectivity index (χ1n) is 6.25. The van der Waals surface area contributed by atoms with Crippen LogP contribution in [-0.4, -0.2) is 4.83 Å². The zero-order valence-corrected chi connectivity index (χ0v) is 12.9. The second-order valence-electron chi connectivity index (χ2n) is 4.81. The van der Waals surface area contributed by atoms with E-state index in [0.717, 1.165) is 23.8 Å². The van der Waals surface area contributed by atoms with E-state index in [9.17, 15) is 0 Å². The van der Waals surface area contributed by atoms with E-state index in [2.05, 4.69) is 22.0 Å². The van der Waals surface area contributed by atoms with E-state index in [0.29, 0.717) is 9.85 Å². The lowest BCUT2D eigenvalue weighted by atomic mass is 9.98. The number of hydrogen-bond acceptors (Lipinski definition) is 0. The topological polar surface area (TPSA) is 0 Å². The number of alkyl halides is 1. The van der Waals surface area contributed by atoms with Crippen LogP contribution < -0.4 is 0 Å². The third-order valence-corrected chi connectivity index (χ3v) is 5.70. The fraction of sp³-hybridized carbons (Fsp3) is 0.571. The van der Waals surface area contributed by atoms with E-state index in [-0.39, 0.29) is 0 Å². The number of benzene rings is 1. The summed E-state index contributed by atoms with van der Waals surface area (Å²) in [7, 11) is 0. The molecule has 0 aromatic heterocycles. The average Bonchev–Trinajstić information content (AvgIpc) is 2.84. The average molecular weight is 336 g/mol. The molecule has 0 radical (unpaired) electrons. The lowest BCUT2D eigenvalue weighted by Gasteiger charge is -2.17. The molecule has 3 heteroatoms. The molecular formula is C14H17BrCl2. The van der Waals surface area contributed by atoms with Crippen LogP contribution in [0.5, 0.6) is 0 Å². The molecule has 0 spiro atoms. The van der Waals surface area contributed by atoms with Gasteiger partial charge < -0.3 is 0 Å². The number of hydrogen-bond donors (Lipinski definition) is 0. The highest BCUT2D eigenvalue weighted by molar-refractivity contribution is 9.09. The third-order valence-electron chi connectivity index (χ3n) is 3.63. The van der Waals surface area contributed by atoms with Gasteiger partial charge in [0.1, 0.15) is 0 Å². The standard InChI is InChI=1S/C14H17BrCl2/c15-12(10-4-1-2-5-10)9-8-11-6-3-7-13(16)14(11)17/h3,6-7,10,12H,1-2,4-5,8-9H2. The molecule has 1 unspecified atom stereocenters. The Morgan fingerprint density at radius 2 is 1.94 bits per heavy atom. The van der Waals surface area contributed by atoms with Crippen LogP contribution in [0.2, 0.25) is 10.0 Å². The zero-order chi connectivity index (χ0) is 12.3. The van der Waals surface area contributed by atoms with Crippen molar-refractivity contribution in [2.24, 2.45) is 5.92 Å². The maximum Gasteiger partial charge on any atom is 0.0624 e. The molecule has 0 bridgehead atoms. The van der Waals surface area contributed by atoms with E-state index in [1.54, 1.807) is 0 Å². The smallest absolute Gasteiger partial charge is 0.0624 e. The van der Waals surface area contributed by atoms with Gasteiger partial charge in [-0.15, -0.1) is 0 Å². The van der Waals surface area contributed by atoms with Gasteiger partial charge in [-0.05, 0) is 43.2 Å². The molecule has 2 rings (SSSR count). The van der Waals surface area contributed by atoms with Crippen molar-refractivity contribution in [3.63, 3.8) is 0 Å². The summed E-state index contributed by atoms with van der Waals surface area (Å²) >= 11 is 16.0. The van der Waals surface area contributed by atoms with E-state index in [1.165, 1.54) is 31.2 Å². The Kier molecular flexibility index (Phi) is 5.20. The molecule has 0 saturated heterocycles. The van der Waals surface area contributed by atoms with Crippen LogP contribution in [0.15, 0.2) is 18.2 Å². The van der Waals surface area contributed by atoms with Gasteiger partial charge in [0.2, 0.25) is 0 Å². The van der Waals surface area contributed by atoms with Crippen LogP contribution in [0.3, 0.4) is 0 Å². The predicted molar refractivity (Wildman–Crippen MR) is 79.5 cm³/mol. The van der Waals surface area contributed by atoms with Gasteiger partial charge in [0.15, 0.2) is 0 Å². The van der Waals surface area contributed by atoms with Crippen LogP contribution in [0, 0.1) is 5.92 Å². The van der Waals surface area contributed by atoms with Gasteiger partial charge >= 0.3 is 0 Å². The van der Waals surface area contributed by atoms with Gasteiger partial charge in [-0.3, -0.25) is 0 Å². The molecule has 17 heavy (non-hydrogen) atoms. The van der Waals surface area contributed by atoms with Crippen molar-refractivity contribution < 1.29 is 0 Å². The van der Waals surface area contributed by atoms with Gasteiger partial charge in [-0.25, -0.2) is 0 Å². The fourth-order valence-corrected chi connectivity index (χ4v) is 3.76. The maximum absolute atomic E-state index is 6.19. The summed E-state index contributed by atoms with van der Waals surface area (Å²) < 4.78 is 0. The van der Waals surface area contributed by atoms with Crippen LogP contribution in [0.1, 0.15) is 37.7 Å². The number of halogens is 3. The second-order valence-corrected chi connectivity index (χ2v) is 6.77. The van der Waals surface area contributed by atoms with Gasteiger partial charge in [0.05, 0.1) is 10.0 Å². The summed E-state index contributed by atoms with van der Waals surface area (Å²) in [5.41, 5.74) is 1.17. The van der Waals surface area contributed by atoms with Gasteiger partial charge in [0, 0.05) is 4.83 Å². The number of rotatable bonds is 4. The zero-order valence-electron chi connectivity index (χ0n) is 9.76. The molecular weight excluding hydrogens is 319 g/mol. The number of aryl methyl sites for hydroxylation is 1. The summed E-state index contributed by atoms with van der Waals surface area (Å²) in [5, 5.41) is 1.39. The van der Waals surface area contributed by atoms with E-state index >= 15 is 0 Å². The summed E-state index contributed by atoms with van der Waals surface area (Å²) in [6.07, 6.45) is 7.68. The monoisotopic (exact) mass is 334 g/mol. The van der Waals surface area contributed by atoms with Crippen molar-refractivity contribution in [1.82, 2.24) is 0 Å². The molecule has 1 aromatic carbocycles. The SMILES string of the molecule is Clc1cccc(CCC(Br)C2CCCC2)c1Cl. The Labute approximate surface area is 122 Å². The van der Waals surface area contributed by atoms with Crippen molar-refractivity contribution in [1.29, 1.82) is 0 Å². The van der Waals surface area contributed by atoms with Gasteiger partial charge in [-0.1, -0.05) is 64.1 Å². The van der Waals surface area contributed by atoms with E-state index < -0.39 is 0 Å². The Morgan fingerprint density at radius 3 is 2.65 bits per heavy atom. The van der Waals surface area contributed by atoms with Crippen LogP contribution in [0.4, 0.5) is 0 Å². The molecule has 94 valence electrons. The van der Waals surface area contributed by atoms with Crippen molar-refractivity contribution in [2.75, 3.05) is 0 Å². The lowest BCUT2D eigenvalue weighted by molar-refractivity contribution is 0.506. The molecule has 1 aliphatic carbocycles. The normalized spacial score (nSPS) is 18.5. The van der Waals surface area contributed by atoms with E-state index in [1.807, 2.05) is 12.1 Å². The van der Waals surface area contributed by atoms with Crippen molar-refractivity contribution >= 4 is 39.1 Å². The van der Waals surface area contributed by atoms with E-state index in [4.69, 9.17) is 23.2 Å². The minimum absolute atomic E-state index is 0.625. The molecule has 1 aromatic rings. The summed E-state index contributed by atoms with van der Waals surface area (Å²) in [5.74, 6) is 0.855.